The van der Waals surface area contributed by atoms with E-state index in [4.69, 9.17) is 14.0 Å². The van der Waals surface area contributed by atoms with Crippen molar-refractivity contribution in [2.75, 3.05) is 27.3 Å². The number of hydrogen-bond acceptors (Lipinski definition) is 6. The summed E-state index contributed by atoms with van der Waals surface area (Å²) in [5.41, 5.74) is 2.69. The molecule has 2 heterocycles. The fourth-order valence-electron chi connectivity index (χ4n) is 3.66. The van der Waals surface area contributed by atoms with Crippen LogP contribution in [0.25, 0.3) is 11.4 Å². The van der Waals surface area contributed by atoms with E-state index in [2.05, 4.69) is 10.1 Å². The highest BCUT2D eigenvalue weighted by Crippen LogP contribution is 2.30. The largest absolute Gasteiger partial charge is 0.497 e. The topological polar surface area (TPSA) is 77.7 Å². The molecule has 4 rings (SSSR count). The average molecular weight is 407 g/mol. The van der Waals surface area contributed by atoms with Crippen molar-refractivity contribution in [3.05, 3.63) is 59.5 Å². The highest BCUT2D eigenvalue weighted by Gasteiger charge is 2.28. The van der Waals surface area contributed by atoms with Gasteiger partial charge in [0, 0.05) is 36.2 Å². The minimum Gasteiger partial charge on any atom is -0.497 e. The third kappa shape index (κ3) is 4.15. The molecule has 2 aromatic carbocycles. The maximum Gasteiger partial charge on any atom is 0.254 e. The number of carbonyl (C=O) groups excluding carboxylic acids is 1. The van der Waals surface area contributed by atoms with Crippen molar-refractivity contribution in [3.8, 4) is 22.9 Å². The first-order valence-electron chi connectivity index (χ1n) is 10.0. The second-order valence-corrected chi connectivity index (χ2v) is 7.49. The molecule has 1 aliphatic heterocycles. The molecule has 0 atom stereocenters. The van der Waals surface area contributed by atoms with E-state index in [9.17, 15) is 4.79 Å². The molecule has 0 saturated carbocycles. The number of hydrogen-bond donors (Lipinski definition) is 0. The van der Waals surface area contributed by atoms with Crippen LogP contribution in [0.4, 0.5) is 0 Å². The molecule has 1 amide bonds. The Bertz CT molecular complexity index is 999. The number of amides is 1. The number of aryl methyl sites for hydroxylation is 1. The fraction of sp³-hybridized carbons (Fsp3) is 0.348. The monoisotopic (exact) mass is 407 g/mol. The van der Waals surface area contributed by atoms with Crippen molar-refractivity contribution >= 4 is 5.91 Å². The highest BCUT2D eigenvalue weighted by atomic mass is 16.5. The van der Waals surface area contributed by atoms with Crippen molar-refractivity contribution < 1.29 is 18.8 Å². The molecule has 0 spiro atoms. The molecule has 0 unspecified atom stereocenters. The van der Waals surface area contributed by atoms with E-state index >= 15 is 0 Å². The van der Waals surface area contributed by atoms with Gasteiger partial charge < -0.3 is 18.9 Å². The molecule has 0 N–H and O–H groups in total. The van der Waals surface area contributed by atoms with Crippen LogP contribution in [-0.4, -0.2) is 48.3 Å². The van der Waals surface area contributed by atoms with Crippen LogP contribution >= 0.6 is 0 Å². The average Bonchev–Trinajstić information content (AvgIpc) is 3.29. The molecular weight excluding hydrogens is 382 g/mol. The summed E-state index contributed by atoms with van der Waals surface area (Å²) in [7, 11) is 3.15. The van der Waals surface area contributed by atoms with Crippen molar-refractivity contribution in [1.82, 2.24) is 15.0 Å². The first-order valence-corrected chi connectivity index (χ1v) is 10.0. The van der Waals surface area contributed by atoms with Gasteiger partial charge in [0.05, 0.1) is 14.2 Å². The number of methoxy groups -OCH3 is 2. The Balaban J connectivity index is 1.42. The lowest BCUT2D eigenvalue weighted by molar-refractivity contribution is 0.0704. The maximum absolute atomic E-state index is 13.0. The van der Waals surface area contributed by atoms with Gasteiger partial charge in [-0.05, 0) is 31.9 Å². The van der Waals surface area contributed by atoms with Crippen molar-refractivity contribution in [1.29, 1.82) is 0 Å². The molecular formula is C23H25N3O4. The van der Waals surface area contributed by atoms with Crippen LogP contribution in [0.5, 0.6) is 11.5 Å². The molecule has 1 aromatic heterocycles. The van der Waals surface area contributed by atoms with Gasteiger partial charge in [-0.15, -0.1) is 0 Å². The number of nitrogens with zero attached hydrogens (tertiary/aromatic N) is 3. The zero-order valence-corrected chi connectivity index (χ0v) is 17.4. The van der Waals surface area contributed by atoms with Gasteiger partial charge in [0.15, 0.2) is 0 Å². The lowest BCUT2D eigenvalue weighted by Crippen LogP contribution is -2.38. The van der Waals surface area contributed by atoms with Gasteiger partial charge in [0.25, 0.3) is 5.91 Å². The second kappa shape index (κ2) is 8.57. The van der Waals surface area contributed by atoms with Crippen LogP contribution in [0.15, 0.2) is 47.0 Å². The third-order valence-electron chi connectivity index (χ3n) is 5.48. The lowest BCUT2D eigenvalue weighted by atomic mass is 9.96. The summed E-state index contributed by atoms with van der Waals surface area (Å²) in [6.07, 6.45) is 1.56. The van der Waals surface area contributed by atoms with Crippen LogP contribution in [0.1, 0.15) is 40.6 Å². The molecule has 0 bridgehead atoms. The Hall–Kier alpha value is -3.35. The first-order chi connectivity index (χ1) is 14.6. The van der Waals surface area contributed by atoms with Crippen LogP contribution in [0.3, 0.4) is 0 Å². The molecule has 30 heavy (non-hydrogen) atoms. The van der Waals surface area contributed by atoms with Gasteiger partial charge in [-0.3, -0.25) is 4.79 Å². The zero-order chi connectivity index (χ0) is 21.1. The number of likely N-dealkylation sites (tertiary alicyclic amines) is 1. The van der Waals surface area contributed by atoms with Gasteiger partial charge in [-0.2, -0.15) is 4.98 Å². The first kappa shape index (κ1) is 19.9. The van der Waals surface area contributed by atoms with Crippen LogP contribution in [0.2, 0.25) is 0 Å². The number of benzene rings is 2. The number of piperidine rings is 1. The Morgan fingerprint density at radius 3 is 2.27 bits per heavy atom. The summed E-state index contributed by atoms with van der Waals surface area (Å²) < 4.78 is 16.1. The second-order valence-electron chi connectivity index (χ2n) is 7.49. The number of rotatable bonds is 5. The molecule has 0 aliphatic carbocycles. The smallest absolute Gasteiger partial charge is 0.254 e. The maximum atomic E-state index is 13.0. The minimum absolute atomic E-state index is 0.0310. The van der Waals surface area contributed by atoms with E-state index in [-0.39, 0.29) is 11.8 Å². The number of carbonyl (C=O) groups is 1. The zero-order valence-electron chi connectivity index (χ0n) is 17.4. The molecule has 3 aromatic rings. The molecule has 7 heteroatoms. The Morgan fingerprint density at radius 1 is 1.03 bits per heavy atom. The molecule has 7 nitrogen and oxygen atoms in total. The quantitative estimate of drug-likeness (QED) is 0.634. The van der Waals surface area contributed by atoms with Gasteiger partial charge in [0.1, 0.15) is 11.5 Å². The summed E-state index contributed by atoms with van der Waals surface area (Å²) in [5.74, 6) is 2.56. The fourth-order valence-corrected chi connectivity index (χ4v) is 3.66. The van der Waals surface area contributed by atoms with E-state index < -0.39 is 0 Å². The molecule has 1 aliphatic rings. The molecule has 0 radical (unpaired) electrons. The van der Waals surface area contributed by atoms with Gasteiger partial charge in [-0.25, -0.2) is 0 Å². The van der Waals surface area contributed by atoms with E-state index in [1.165, 1.54) is 5.56 Å². The Kier molecular flexibility index (Phi) is 5.70. The molecule has 1 saturated heterocycles. The van der Waals surface area contributed by atoms with Gasteiger partial charge >= 0.3 is 0 Å². The standard InChI is InChI=1S/C23H25N3O4/c1-15-4-6-16(7-5-15)21-24-22(30-25-21)17-8-10-26(11-9-17)23(27)18-12-19(28-2)14-20(13-18)29-3/h4-7,12-14,17H,8-11H2,1-3H3. The normalized spacial score (nSPS) is 14.6. The van der Waals surface area contributed by atoms with Crippen molar-refractivity contribution in [3.63, 3.8) is 0 Å². The Morgan fingerprint density at radius 2 is 1.67 bits per heavy atom. The van der Waals surface area contributed by atoms with Crippen LogP contribution in [-0.2, 0) is 0 Å². The summed E-state index contributed by atoms with van der Waals surface area (Å²) in [6, 6.07) is 13.3. The summed E-state index contributed by atoms with van der Waals surface area (Å²) in [4.78, 5) is 19.4. The SMILES string of the molecule is COc1cc(OC)cc(C(=O)N2CCC(c3nc(-c4ccc(C)cc4)no3)CC2)c1. The lowest BCUT2D eigenvalue weighted by Gasteiger charge is -2.30. The van der Waals surface area contributed by atoms with E-state index in [0.29, 0.717) is 41.9 Å². The predicted octanol–water partition coefficient (Wildman–Crippen LogP) is 4.08. The van der Waals surface area contributed by atoms with Gasteiger partial charge in [-0.1, -0.05) is 35.0 Å². The van der Waals surface area contributed by atoms with Crippen molar-refractivity contribution in [2.24, 2.45) is 0 Å². The Labute approximate surface area is 175 Å². The van der Waals surface area contributed by atoms with Gasteiger partial charge in [0.2, 0.25) is 11.7 Å². The third-order valence-corrected chi connectivity index (χ3v) is 5.48. The summed E-state index contributed by atoms with van der Waals surface area (Å²) in [5, 5.41) is 4.14. The minimum atomic E-state index is -0.0310. The number of aromatic nitrogens is 2. The van der Waals surface area contributed by atoms with E-state index in [1.54, 1.807) is 32.4 Å². The van der Waals surface area contributed by atoms with E-state index in [0.717, 1.165) is 18.4 Å². The summed E-state index contributed by atoms with van der Waals surface area (Å²) >= 11 is 0. The highest BCUT2D eigenvalue weighted by molar-refractivity contribution is 5.95. The predicted molar refractivity (Wildman–Crippen MR) is 112 cm³/mol. The van der Waals surface area contributed by atoms with Crippen molar-refractivity contribution in [2.45, 2.75) is 25.7 Å². The van der Waals surface area contributed by atoms with E-state index in [1.807, 2.05) is 36.1 Å². The number of ether oxygens (including phenoxy) is 2. The summed E-state index contributed by atoms with van der Waals surface area (Å²) in [6.45, 7) is 3.30. The molecule has 156 valence electrons. The molecule has 1 fully saturated rings. The van der Waals surface area contributed by atoms with Crippen LogP contribution < -0.4 is 9.47 Å². The van der Waals surface area contributed by atoms with Crippen LogP contribution in [0, 0.1) is 6.92 Å².